The molecule has 1 aromatic heterocycles. The lowest BCUT2D eigenvalue weighted by Gasteiger charge is -2.05. The van der Waals surface area contributed by atoms with Gasteiger partial charge in [-0.15, -0.1) is 0 Å². The molecule has 2 nitrogen and oxygen atoms in total. The van der Waals surface area contributed by atoms with Crippen LogP contribution in [0.3, 0.4) is 0 Å². The summed E-state index contributed by atoms with van der Waals surface area (Å²) in [7, 11) is 0. The van der Waals surface area contributed by atoms with E-state index in [1.807, 2.05) is 48.5 Å². The number of rotatable bonds is 2. The maximum absolute atomic E-state index is 5.69. The number of nitrogens with zero attached hydrogens (tertiary/aromatic N) is 1. The van der Waals surface area contributed by atoms with Crippen LogP contribution in [0.25, 0.3) is 22.6 Å². The topological polar surface area (TPSA) is 26.0 Å². The van der Waals surface area contributed by atoms with Gasteiger partial charge in [0.15, 0.2) is 5.76 Å². The lowest BCUT2D eigenvalue weighted by atomic mass is 10.1. The highest BCUT2D eigenvalue weighted by Gasteiger charge is 2.18. The molecule has 100 valence electrons. The number of benzene rings is 2. The molecular weight excluding hydrogens is 402 g/mol. The van der Waals surface area contributed by atoms with E-state index in [1.54, 1.807) is 0 Å². The van der Waals surface area contributed by atoms with Crippen LogP contribution >= 0.6 is 44.5 Å². The molecule has 0 radical (unpaired) electrons. The smallest absolute Gasteiger partial charge is 0.253 e. The SMILES string of the molecule is Sc1nc(-c2ccccc2Br)c(-c2ccccc2Br)o1. The van der Waals surface area contributed by atoms with Gasteiger partial charge in [0, 0.05) is 20.1 Å². The fraction of sp³-hybridized carbons (Fsp3) is 0. The first-order chi connectivity index (χ1) is 9.66. The van der Waals surface area contributed by atoms with Crippen molar-refractivity contribution < 1.29 is 4.42 Å². The Bertz CT molecular complexity index is 707. The van der Waals surface area contributed by atoms with E-state index in [9.17, 15) is 0 Å². The molecule has 5 heteroatoms. The summed E-state index contributed by atoms with van der Waals surface area (Å²) in [4.78, 5) is 4.41. The van der Waals surface area contributed by atoms with Gasteiger partial charge in [-0.1, -0.05) is 80.9 Å². The Balaban J connectivity index is 2.25. The summed E-state index contributed by atoms with van der Waals surface area (Å²) in [6, 6.07) is 15.8. The molecule has 20 heavy (non-hydrogen) atoms. The van der Waals surface area contributed by atoms with Crippen molar-refractivity contribution in [2.75, 3.05) is 0 Å². The summed E-state index contributed by atoms with van der Waals surface area (Å²) >= 11 is 11.3. The van der Waals surface area contributed by atoms with Crippen LogP contribution in [0, 0.1) is 0 Å². The van der Waals surface area contributed by atoms with Crippen molar-refractivity contribution in [2.45, 2.75) is 5.22 Å². The van der Waals surface area contributed by atoms with Crippen LogP contribution in [0.2, 0.25) is 0 Å². The number of halogens is 2. The molecule has 0 atom stereocenters. The van der Waals surface area contributed by atoms with Gasteiger partial charge < -0.3 is 4.42 Å². The second-order valence-electron chi connectivity index (χ2n) is 4.13. The molecule has 3 rings (SSSR count). The zero-order valence-corrected chi connectivity index (χ0v) is 14.2. The zero-order valence-electron chi connectivity index (χ0n) is 10.2. The van der Waals surface area contributed by atoms with Crippen molar-refractivity contribution in [2.24, 2.45) is 0 Å². The van der Waals surface area contributed by atoms with Gasteiger partial charge in [0.05, 0.1) is 0 Å². The third-order valence-corrected chi connectivity index (χ3v) is 4.44. The first kappa shape index (κ1) is 13.9. The predicted molar refractivity (Wildman–Crippen MR) is 90.0 cm³/mol. The van der Waals surface area contributed by atoms with Crippen LogP contribution < -0.4 is 0 Å². The van der Waals surface area contributed by atoms with Gasteiger partial charge in [-0.25, -0.2) is 4.98 Å². The summed E-state index contributed by atoms with van der Waals surface area (Å²) in [6.07, 6.45) is 0. The van der Waals surface area contributed by atoms with Crippen LogP contribution in [0.5, 0.6) is 0 Å². The molecule has 0 N–H and O–H groups in total. The molecule has 0 amide bonds. The minimum Gasteiger partial charge on any atom is -0.431 e. The molecule has 0 spiro atoms. The molecule has 2 aromatic carbocycles. The van der Waals surface area contributed by atoms with E-state index in [0.717, 1.165) is 25.8 Å². The molecule has 3 aromatic rings. The van der Waals surface area contributed by atoms with Crippen molar-refractivity contribution in [3.63, 3.8) is 0 Å². The predicted octanol–water partition coefficient (Wildman–Crippen LogP) is 5.82. The van der Waals surface area contributed by atoms with Gasteiger partial charge in [0.2, 0.25) is 0 Å². The Morgan fingerprint density at radius 1 is 0.850 bits per heavy atom. The van der Waals surface area contributed by atoms with Crippen LogP contribution in [0.1, 0.15) is 0 Å². The summed E-state index contributed by atoms with van der Waals surface area (Å²) in [5.74, 6) is 0.703. The van der Waals surface area contributed by atoms with Crippen LogP contribution in [0.4, 0.5) is 0 Å². The van der Waals surface area contributed by atoms with Gasteiger partial charge in [0.25, 0.3) is 5.22 Å². The van der Waals surface area contributed by atoms with Crippen LogP contribution in [-0.2, 0) is 0 Å². The summed E-state index contributed by atoms with van der Waals surface area (Å²) in [5.41, 5.74) is 2.70. The highest BCUT2D eigenvalue weighted by atomic mass is 79.9. The molecule has 0 unspecified atom stereocenters. The molecule has 0 aliphatic rings. The zero-order chi connectivity index (χ0) is 14.1. The van der Waals surface area contributed by atoms with E-state index < -0.39 is 0 Å². The van der Waals surface area contributed by atoms with E-state index in [-0.39, 0.29) is 0 Å². The van der Waals surface area contributed by atoms with Crippen molar-refractivity contribution in [1.29, 1.82) is 0 Å². The summed E-state index contributed by atoms with van der Waals surface area (Å²) in [5, 5.41) is 0.349. The highest BCUT2D eigenvalue weighted by molar-refractivity contribution is 9.11. The molecule has 0 aliphatic carbocycles. The van der Waals surface area contributed by atoms with E-state index in [1.165, 1.54) is 0 Å². The number of hydrogen-bond donors (Lipinski definition) is 1. The minimum absolute atomic E-state index is 0.349. The standard InChI is InChI=1S/C15H9Br2NOS/c16-11-7-3-1-5-9(11)13-14(19-15(20)18-13)10-6-2-4-8-12(10)17/h1-8H,(H,18,20). The summed E-state index contributed by atoms with van der Waals surface area (Å²) in [6.45, 7) is 0. The molecule has 0 aliphatic heterocycles. The Morgan fingerprint density at radius 3 is 2.00 bits per heavy atom. The molecule has 0 saturated heterocycles. The van der Waals surface area contributed by atoms with E-state index in [2.05, 4.69) is 49.5 Å². The second kappa shape index (κ2) is 5.76. The largest absolute Gasteiger partial charge is 0.431 e. The van der Waals surface area contributed by atoms with Gasteiger partial charge in [-0.2, -0.15) is 0 Å². The normalized spacial score (nSPS) is 10.8. The number of thiol groups is 1. The third-order valence-electron chi connectivity index (χ3n) is 2.86. The molecular formula is C15H9Br2NOS. The van der Waals surface area contributed by atoms with E-state index >= 15 is 0 Å². The van der Waals surface area contributed by atoms with Gasteiger partial charge >= 0.3 is 0 Å². The highest BCUT2D eigenvalue weighted by Crippen LogP contribution is 2.39. The maximum atomic E-state index is 5.69. The average molecular weight is 411 g/mol. The molecule has 0 bridgehead atoms. The van der Waals surface area contributed by atoms with Gasteiger partial charge in [-0.05, 0) is 12.1 Å². The summed E-state index contributed by atoms with van der Waals surface area (Å²) < 4.78 is 7.62. The Kier molecular flexibility index (Phi) is 4.01. The Labute approximate surface area is 138 Å². The second-order valence-corrected chi connectivity index (χ2v) is 6.23. The number of hydrogen-bond acceptors (Lipinski definition) is 3. The Hall–Kier alpha value is -1.04. The number of aromatic nitrogens is 1. The van der Waals surface area contributed by atoms with Crippen LogP contribution in [0.15, 0.2) is 67.1 Å². The van der Waals surface area contributed by atoms with Crippen molar-refractivity contribution in [3.05, 3.63) is 57.5 Å². The first-order valence-corrected chi connectivity index (χ1v) is 7.89. The van der Waals surface area contributed by atoms with Crippen molar-refractivity contribution in [1.82, 2.24) is 4.98 Å². The lowest BCUT2D eigenvalue weighted by molar-refractivity contribution is 0.468. The van der Waals surface area contributed by atoms with E-state index in [4.69, 9.17) is 4.42 Å². The van der Waals surface area contributed by atoms with Crippen molar-refractivity contribution >= 4 is 44.5 Å². The number of oxazole rings is 1. The molecule has 0 saturated carbocycles. The molecule has 1 heterocycles. The van der Waals surface area contributed by atoms with Gasteiger partial charge in [-0.3, -0.25) is 0 Å². The fourth-order valence-corrected chi connectivity index (χ4v) is 3.10. The minimum atomic E-state index is 0.349. The van der Waals surface area contributed by atoms with Gasteiger partial charge in [0.1, 0.15) is 5.69 Å². The lowest BCUT2D eigenvalue weighted by Crippen LogP contribution is -1.84. The first-order valence-electron chi connectivity index (χ1n) is 5.86. The van der Waals surface area contributed by atoms with E-state index in [0.29, 0.717) is 11.0 Å². The Morgan fingerprint density at radius 2 is 1.40 bits per heavy atom. The maximum Gasteiger partial charge on any atom is 0.253 e. The van der Waals surface area contributed by atoms with Crippen LogP contribution in [-0.4, -0.2) is 4.98 Å². The van der Waals surface area contributed by atoms with Crippen molar-refractivity contribution in [3.8, 4) is 22.6 Å². The average Bonchev–Trinajstić information content (AvgIpc) is 2.81. The third kappa shape index (κ3) is 2.57. The fourth-order valence-electron chi connectivity index (χ4n) is 1.97. The quantitative estimate of drug-likeness (QED) is 0.538. The monoisotopic (exact) mass is 409 g/mol. The molecule has 0 fully saturated rings.